The predicted octanol–water partition coefficient (Wildman–Crippen LogP) is 5.47. The van der Waals surface area contributed by atoms with E-state index in [1.54, 1.807) is 18.2 Å². The molecule has 0 unspecified atom stereocenters. The molecular formula is C27H25Cl2N3O5. The second-order valence-electron chi connectivity index (χ2n) is 9.59. The maximum absolute atomic E-state index is 11.5. The maximum atomic E-state index is 11.5. The van der Waals surface area contributed by atoms with Crippen molar-refractivity contribution in [1.29, 1.82) is 0 Å². The van der Waals surface area contributed by atoms with Gasteiger partial charge >= 0.3 is 0 Å². The summed E-state index contributed by atoms with van der Waals surface area (Å²) in [4.78, 5) is 8.44. The molecule has 8 nitrogen and oxygen atoms in total. The fourth-order valence-electron chi connectivity index (χ4n) is 4.97. The highest BCUT2D eigenvalue weighted by Gasteiger charge is 2.58. The van der Waals surface area contributed by atoms with Crippen LogP contribution in [-0.2, 0) is 20.8 Å². The van der Waals surface area contributed by atoms with Crippen molar-refractivity contribution >= 4 is 34.2 Å². The molecule has 0 aliphatic carbocycles. The molecule has 0 radical (unpaired) electrons. The van der Waals surface area contributed by atoms with Crippen molar-refractivity contribution < 1.29 is 24.1 Å². The molecule has 2 fully saturated rings. The Labute approximate surface area is 223 Å². The molecule has 0 saturated carbocycles. The molecule has 4 heterocycles. The fourth-order valence-corrected chi connectivity index (χ4v) is 5.33. The highest BCUT2D eigenvalue weighted by atomic mass is 35.5. The summed E-state index contributed by atoms with van der Waals surface area (Å²) in [6.45, 7) is 4.04. The van der Waals surface area contributed by atoms with Gasteiger partial charge in [0.1, 0.15) is 53.9 Å². The zero-order valence-corrected chi connectivity index (χ0v) is 21.6. The third-order valence-electron chi connectivity index (χ3n) is 6.64. The van der Waals surface area contributed by atoms with Gasteiger partial charge in [-0.3, -0.25) is 0 Å². The molecule has 2 aliphatic heterocycles. The Morgan fingerprint density at radius 1 is 1.05 bits per heavy atom. The molecule has 2 aromatic heterocycles. The summed E-state index contributed by atoms with van der Waals surface area (Å²) in [7, 11) is 0. The number of fused-ring (bicyclic) bond motifs is 2. The Morgan fingerprint density at radius 2 is 1.84 bits per heavy atom. The van der Waals surface area contributed by atoms with Crippen LogP contribution in [0.25, 0.3) is 11.0 Å². The maximum Gasteiger partial charge on any atom is 0.164 e. The average molecular weight is 542 g/mol. The van der Waals surface area contributed by atoms with E-state index in [9.17, 15) is 5.11 Å². The van der Waals surface area contributed by atoms with Crippen molar-refractivity contribution in [3.05, 3.63) is 88.4 Å². The Bertz CT molecular complexity index is 1430. The Hall–Kier alpha value is -2.72. The summed E-state index contributed by atoms with van der Waals surface area (Å²) in [5.74, 6) is -0.380. The largest absolute Gasteiger partial charge is 0.487 e. The molecule has 6 rings (SSSR count). The van der Waals surface area contributed by atoms with Crippen LogP contribution in [0.15, 0.2) is 67.1 Å². The molecule has 5 atom stereocenters. The average Bonchev–Trinajstić information content (AvgIpc) is 3.55. The van der Waals surface area contributed by atoms with E-state index in [0.29, 0.717) is 39.1 Å². The van der Waals surface area contributed by atoms with Gasteiger partial charge in [0.15, 0.2) is 12.0 Å². The minimum Gasteiger partial charge on any atom is -0.487 e. The molecule has 192 valence electrons. The molecule has 0 amide bonds. The van der Waals surface area contributed by atoms with Crippen molar-refractivity contribution in [2.75, 3.05) is 0 Å². The number of halogens is 2. The fraction of sp³-hybridized carbons (Fsp3) is 0.333. The normalized spacial score (nSPS) is 25.3. The lowest BCUT2D eigenvalue weighted by molar-refractivity contribution is -0.207. The smallest absolute Gasteiger partial charge is 0.164 e. The number of rotatable bonds is 6. The minimum atomic E-state index is -1.04. The lowest BCUT2D eigenvalue weighted by atomic mass is 9.99. The van der Waals surface area contributed by atoms with Crippen LogP contribution in [0.5, 0.6) is 5.75 Å². The van der Waals surface area contributed by atoms with E-state index >= 15 is 0 Å². The van der Waals surface area contributed by atoms with Crippen LogP contribution in [0.3, 0.4) is 0 Å². The Morgan fingerprint density at radius 3 is 2.65 bits per heavy atom. The van der Waals surface area contributed by atoms with Gasteiger partial charge in [-0.15, -0.1) is 0 Å². The van der Waals surface area contributed by atoms with E-state index in [2.05, 4.69) is 9.97 Å². The number of hydrogen-bond donors (Lipinski definition) is 1. The zero-order valence-electron chi connectivity index (χ0n) is 20.1. The molecule has 10 heteroatoms. The molecule has 4 aromatic rings. The van der Waals surface area contributed by atoms with Gasteiger partial charge in [0.05, 0.1) is 10.4 Å². The number of aromatic nitrogens is 3. The standard InChI is InChI=1S/C27H25Cl2N3O5/c1-27(2)36-22-21(35-26(23(22)37-27)32-11-10-17-24(29)30-14-31-25(17)32)20(33)16-8-9-18(28)19(12-16)34-13-15-6-4-3-5-7-15/h3-12,14,20-23,26,33H,13H2,1-2H3/t20-,21-,22-,23-,26-/m1/s1. The number of aliphatic hydroxyl groups is 1. The van der Waals surface area contributed by atoms with Crippen molar-refractivity contribution in [1.82, 2.24) is 14.5 Å². The van der Waals surface area contributed by atoms with E-state index in [0.717, 1.165) is 5.56 Å². The second kappa shape index (κ2) is 9.54. The van der Waals surface area contributed by atoms with Gasteiger partial charge in [0.25, 0.3) is 0 Å². The first kappa shape index (κ1) is 24.6. The van der Waals surface area contributed by atoms with E-state index in [1.807, 2.05) is 61.0 Å². The quantitative estimate of drug-likeness (QED) is 0.324. The molecule has 2 aromatic carbocycles. The van der Waals surface area contributed by atoms with E-state index in [-0.39, 0.29) is 0 Å². The third kappa shape index (κ3) is 4.58. The summed E-state index contributed by atoms with van der Waals surface area (Å²) in [5, 5.41) is 13.0. The summed E-state index contributed by atoms with van der Waals surface area (Å²) in [6, 6.07) is 16.8. The number of nitrogens with zero attached hydrogens (tertiary/aromatic N) is 3. The van der Waals surface area contributed by atoms with Crippen LogP contribution in [0.4, 0.5) is 0 Å². The topological polar surface area (TPSA) is 87.9 Å². The highest BCUT2D eigenvalue weighted by Crippen LogP contribution is 2.47. The molecule has 0 spiro atoms. The van der Waals surface area contributed by atoms with Crippen molar-refractivity contribution in [3.63, 3.8) is 0 Å². The van der Waals surface area contributed by atoms with Gasteiger partial charge in [-0.2, -0.15) is 0 Å². The van der Waals surface area contributed by atoms with Crippen LogP contribution in [0.1, 0.15) is 37.3 Å². The molecular weight excluding hydrogens is 517 g/mol. The molecule has 1 N–H and O–H groups in total. The molecule has 0 bridgehead atoms. The van der Waals surface area contributed by atoms with Crippen LogP contribution < -0.4 is 4.74 Å². The molecule has 2 saturated heterocycles. The summed E-state index contributed by atoms with van der Waals surface area (Å²) in [6.07, 6.45) is -0.152. The first-order valence-electron chi connectivity index (χ1n) is 11.9. The third-order valence-corrected chi connectivity index (χ3v) is 7.26. The molecule has 37 heavy (non-hydrogen) atoms. The van der Waals surface area contributed by atoms with Crippen molar-refractivity contribution in [2.24, 2.45) is 0 Å². The highest BCUT2D eigenvalue weighted by molar-refractivity contribution is 6.34. The van der Waals surface area contributed by atoms with Gasteiger partial charge < -0.3 is 28.6 Å². The Balaban J connectivity index is 1.29. The van der Waals surface area contributed by atoms with Crippen LogP contribution in [-0.4, -0.2) is 43.7 Å². The van der Waals surface area contributed by atoms with Gasteiger partial charge in [-0.1, -0.05) is 59.6 Å². The number of hydrogen-bond acceptors (Lipinski definition) is 7. The number of benzene rings is 2. The van der Waals surface area contributed by atoms with Gasteiger partial charge in [0.2, 0.25) is 0 Å². The first-order chi connectivity index (χ1) is 17.8. The lowest BCUT2D eigenvalue weighted by Crippen LogP contribution is -2.34. The molecule has 2 aliphatic rings. The number of aliphatic hydroxyl groups excluding tert-OH is 1. The van der Waals surface area contributed by atoms with Crippen molar-refractivity contribution in [3.8, 4) is 5.75 Å². The minimum absolute atomic E-state index is 0.350. The van der Waals surface area contributed by atoms with Gasteiger partial charge in [-0.25, -0.2) is 9.97 Å². The second-order valence-corrected chi connectivity index (χ2v) is 10.4. The van der Waals surface area contributed by atoms with E-state index in [1.165, 1.54) is 6.33 Å². The zero-order chi connectivity index (χ0) is 25.7. The van der Waals surface area contributed by atoms with Crippen LogP contribution in [0.2, 0.25) is 10.2 Å². The SMILES string of the molecule is CC1(C)O[C@H]2[C@@H](O1)[C@H](n1ccc3c(Cl)ncnc31)O[C@@H]2[C@H](O)c1ccc(Cl)c(OCc2ccccc2)c1. The van der Waals surface area contributed by atoms with E-state index in [4.69, 9.17) is 42.1 Å². The summed E-state index contributed by atoms with van der Waals surface area (Å²) < 4.78 is 26.7. The monoisotopic (exact) mass is 541 g/mol. The van der Waals surface area contributed by atoms with Gasteiger partial charge in [-0.05, 0) is 43.2 Å². The van der Waals surface area contributed by atoms with Crippen LogP contribution in [0, 0.1) is 0 Å². The van der Waals surface area contributed by atoms with Crippen molar-refractivity contribution in [2.45, 2.75) is 56.9 Å². The Kier molecular flexibility index (Phi) is 6.35. The van der Waals surface area contributed by atoms with E-state index < -0.39 is 36.4 Å². The number of ether oxygens (including phenoxy) is 4. The lowest BCUT2D eigenvalue weighted by Gasteiger charge is -2.27. The van der Waals surface area contributed by atoms with Crippen LogP contribution >= 0.6 is 23.2 Å². The summed E-state index contributed by atoms with van der Waals surface area (Å²) >= 11 is 12.7. The first-order valence-corrected chi connectivity index (χ1v) is 12.7. The predicted molar refractivity (Wildman–Crippen MR) is 137 cm³/mol. The summed E-state index contributed by atoms with van der Waals surface area (Å²) in [5.41, 5.74) is 2.21. The van der Waals surface area contributed by atoms with Gasteiger partial charge in [0, 0.05) is 6.20 Å².